The van der Waals surface area contributed by atoms with Gasteiger partial charge in [-0.2, -0.15) is 18.3 Å². The number of carbonyl (C=O) groups excluding carboxylic acids is 1. The summed E-state index contributed by atoms with van der Waals surface area (Å²) >= 11 is 5.92. The van der Waals surface area contributed by atoms with Crippen molar-refractivity contribution in [3.63, 3.8) is 0 Å². The third-order valence-corrected chi connectivity index (χ3v) is 4.85. The van der Waals surface area contributed by atoms with Crippen molar-refractivity contribution in [2.24, 2.45) is 0 Å². The number of benzene rings is 1. The maximum absolute atomic E-state index is 13.2. The molecule has 1 aromatic carbocycles. The van der Waals surface area contributed by atoms with Gasteiger partial charge in [0, 0.05) is 12.0 Å². The first-order valence-electron chi connectivity index (χ1n) is 8.41. The molecule has 11 heteroatoms. The van der Waals surface area contributed by atoms with Crippen molar-refractivity contribution in [3.8, 4) is 0 Å². The molecule has 1 aliphatic carbocycles. The molecule has 1 N–H and O–H groups in total. The molecule has 3 rings (SSSR count). The first kappa shape index (κ1) is 20.1. The third-order valence-electron chi connectivity index (χ3n) is 4.47. The van der Waals surface area contributed by atoms with Gasteiger partial charge < -0.3 is 5.32 Å². The predicted octanol–water partition coefficient (Wildman–Crippen LogP) is 4.85. The number of rotatable bonds is 5. The molecular weight excluding hydrogens is 401 g/mol. The molecule has 0 bridgehead atoms. The van der Waals surface area contributed by atoms with Gasteiger partial charge in [0.15, 0.2) is 5.69 Å². The highest BCUT2D eigenvalue weighted by Crippen LogP contribution is 2.47. The van der Waals surface area contributed by atoms with Gasteiger partial charge in [-0.1, -0.05) is 17.7 Å². The molecule has 28 heavy (non-hydrogen) atoms. The van der Waals surface area contributed by atoms with Gasteiger partial charge in [0.05, 0.1) is 15.6 Å². The summed E-state index contributed by atoms with van der Waals surface area (Å²) in [6.45, 7) is 3.03. The molecule has 1 saturated carbocycles. The van der Waals surface area contributed by atoms with E-state index in [-0.39, 0.29) is 23.0 Å². The molecule has 0 spiro atoms. The van der Waals surface area contributed by atoms with E-state index in [4.69, 9.17) is 11.6 Å². The number of nitrogens with one attached hydrogen (secondary N) is 1. The molecule has 0 radical (unpaired) electrons. The monoisotopic (exact) mass is 416 g/mol. The Balaban J connectivity index is 1.94. The predicted molar refractivity (Wildman–Crippen MR) is 95.4 cm³/mol. The Morgan fingerprint density at radius 2 is 2.07 bits per heavy atom. The van der Waals surface area contributed by atoms with E-state index in [0.29, 0.717) is 18.4 Å². The van der Waals surface area contributed by atoms with Crippen molar-refractivity contribution < 1.29 is 22.9 Å². The van der Waals surface area contributed by atoms with Crippen LogP contribution < -0.4 is 5.32 Å². The highest BCUT2D eigenvalue weighted by atomic mass is 35.5. The minimum atomic E-state index is -4.75. The first-order chi connectivity index (χ1) is 13.0. The summed E-state index contributed by atoms with van der Waals surface area (Å²) < 4.78 is 40.5. The fourth-order valence-corrected chi connectivity index (χ4v) is 3.26. The van der Waals surface area contributed by atoms with Gasteiger partial charge in [0.1, 0.15) is 11.7 Å². The molecule has 1 aliphatic rings. The van der Waals surface area contributed by atoms with Crippen LogP contribution in [0.4, 0.5) is 24.5 Å². The van der Waals surface area contributed by atoms with Crippen molar-refractivity contribution in [3.05, 3.63) is 50.3 Å². The number of hydrogen-bond donors (Lipinski definition) is 1. The molecular formula is C17H16ClF3N4O3. The van der Waals surface area contributed by atoms with Crippen LogP contribution in [-0.2, 0) is 11.0 Å². The Morgan fingerprint density at radius 3 is 2.61 bits per heavy atom. The van der Waals surface area contributed by atoms with Crippen molar-refractivity contribution in [1.29, 1.82) is 0 Å². The number of amides is 1. The largest absolute Gasteiger partial charge is 0.436 e. The van der Waals surface area contributed by atoms with Crippen LogP contribution in [0.2, 0.25) is 5.02 Å². The molecule has 1 amide bonds. The maximum Gasteiger partial charge on any atom is 0.436 e. The van der Waals surface area contributed by atoms with E-state index in [9.17, 15) is 28.1 Å². The van der Waals surface area contributed by atoms with Crippen LogP contribution in [0.1, 0.15) is 48.7 Å². The average Bonchev–Trinajstić information content (AvgIpc) is 3.36. The second kappa shape index (κ2) is 7.08. The number of nitro groups is 1. The quantitative estimate of drug-likeness (QED) is 0.557. The van der Waals surface area contributed by atoms with E-state index >= 15 is 0 Å². The fourth-order valence-electron chi connectivity index (χ4n) is 2.87. The van der Waals surface area contributed by atoms with Gasteiger partial charge in [0.25, 0.3) is 5.69 Å². The van der Waals surface area contributed by atoms with Crippen molar-refractivity contribution in [2.75, 3.05) is 5.32 Å². The third kappa shape index (κ3) is 3.82. The number of alkyl halides is 3. The normalized spacial score (nSPS) is 15.4. The highest BCUT2D eigenvalue weighted by Gasteiger charge is 2.43. The summed E-state index contributed by atoms with van der Waals surface area (Å²) in [6.07, 6.45) is -3.45. The lowest BCUT2D eigenvalue weighted by molar-refractivity contribution is -0.384. The average molecular weight is 417 g/mol. The summed E-state index contributed by atoms with van der Waals surface area (Å²) in [7, 11) is 0. The first-order valence-corrected chi connectivity index (χ1v) is 8.79. The fraction of sp³-hybridized carbons (Fsp3) is 0.412. The number of aryl methyl sites for hydroxylation is 1. The van der Waals surface area contributed by atoms with E-state index in [1.165, 1.54) is 19.1 Å². The summed E-state index contributed by atoms with van der Waals surface area (Å²) in [5.74, 6) is -0.929. The number of anilines is 1. The smallest absolute Gasteiger partial charge is 0.319 e. The van der Waals surface area contributed by atoms with E-state index in [1.54, 1.807) is 13.0 Å². The minimum absolute atomic E-state index is 0.0466. The van der Waals surface area contributed by atoms with Gasteiger partial charge in [0.2, 0.25) is 5.91 Å². The SMILES string of the molecule is Cc1ccc(NC(=O)C(C)n2nc(C(F)(F)F)c(Cl)c2C2CC2)c([N+](=O)[O-])c1. The Hall–Kier alpha value is -2.62. The maximum atomic E-state index is 13.2. The van der Waals surface area contributed by atoms with E-state index in [1.807, 2.05) is 0 Å². The van der Waals surface area contributed by atoms with Gasteiger partial charge in [-0.25, -0.2) is 0 Å². The molecule has 1 heterocycles. The van der Waals surface area contributed by atoms with Crippen molar-refractivity contribution >= 4 is 28.9 Å². The minimum Gasteiger partial charge on any atom is -0.319 e. The number of hydrogen-bond acceptors (Lipinski definition) is 4. The van der Waals surface area contributed by atoms with Crippen molar-refractivity contribution in [2.45, 2.75) is 44.8 Å². The molecule has 150 valence electrons. The van der Waals surface area contributed by atoms with E-state index < -0.39 is 33.8 Å². The zero-order chi connectivity index (χ0) is 20.8. The van der Waals surface area contributed by atoms with Crippen LogP contribution in [-0.4, -0.2) is 20.6 Å². The van der Waals surface area contributed by atoms with Crippen LogP contribution in [0.15, 0.2) is 18.2 Å². The standard InChI is InChI=1S/C17H16ClF3N4O3/c1-8-3-6-11(12(7-8)25(27)28)22-16(26)9(2)24-14(10-4-5-10)13(18)15(23-24)17(19,20)21/h3,6-7,9-10H,4-5H2,1-2H3,(H,22,26). The van der Waals surface area contributed by atoms with Gasteiger partial charge >= 0.3 is 6.18 Å². The molecule has 2 aromatic rings. The Morgan fingerprint density at radius 1 is 1.43 bits per heavy atom. The molecule has 0 saturated heterocycles. The zero-order valence-corrected chi connectivity index (χ0v) is 15.6. The number of nitro benzene ring substituents is 1. The van der Waals surface area contributed by atoms with Gasteiger partial charge in [-0.15, -0.1) is 0 Å². The van der Waals surface area contributed by atoms with E-state index in [0.717, 1.165) is 4.68 Å². The van der Waals surface area contributed by atoms with Gasteiger partial charge in [-0.05, 0) is 38.3 Å². The number of carbonyl (C=O) groups is 1. The molecule has 7 nitrogen and oxygen atoms in total. The zero-order valence-electron chi connectivity index (χ0n) is 14.9. The van der Waals surface area contributed by atoms with Crippen LogP contribution in [0.25, 0.3) is 0 Å². The number of aromatic nitrogens is 2. The second-order valence-corrected chi connectivity index (χ2v) is 7.09. The van der Waals surface area contributed by atoms with Crippen molar-refractivity contribution in [1.82, 2.24) is 9.78 Å². The molecule has 1 fully saturated rings. The van der Waals surface area contributed by atoms with Crippen LogP contribution >= 0.6 is 11.6 Å². The number of nitrogens with zero attached hydrogens (tertiary/aromatic N) is 3. The Kier molecular flexibility index (Phi) is 5.09. The van der Waals surface area contributed by atoms with Crippen LogP contribution in [0, 0.1) is 17.0 Å². The Bertz CT molecular complexity index is 954. The molecule has 1 atom stereocenters. The lowest BCUT2D eigenvalue weighted by Gasteiger charge is -2.16. The number of halogens is 4. The summed E-state index contributed by atoms with van der Waals surface area (Å²) in [5.41, 5.74) is -0.804. The molecule has 0 aliphatic heterocycles. The van der Waals surface area contributed by atoms with Crippen LogP contribution in [0.5, 0.6) is 0 Å². The highest BCUT2D eigenvalue weighted by molar-refractivity contribution is 6.32. The van der Waals surface area contributed by atoms with Crippen LogP contribution in [0.3, 0.4) is 0 Å². The molecule has 1 unspecified atom stereocenters. The summed E-state index contributed by atoms with van der Waals surface area (Å²) in [4.78, 5) is 23.2. The molecule has 1 aromatic heterocycles. The second-order valence-electron chi connectivity index (χ2n) is 6.71. The van der Waals surface area contributed by atoms with E-state index in [2.05, 4.69) is 10.4 Å². The summed E-state index contributed by atoms with van der Waals surface area (Å²) in [6, 6.07) is 3.10. The lowest BCUT2D eigenvalue weighted by atomic mass is 10.2. The van der Waals surface area contributed by atoms with Gasteiger partial charge in [-0.3, -0.25) is 19.6 Å². The summed E-state index contributed by atoms with van der Waals surface area (Å²) in [5, 5.41) is 16.6. The lowest BCUT2D eigenvalue weighted by Crippen LogP contribution is -2.26. The topological polar surface area (TPSA) is 90.1 Å². The Labute approximate surface area is 162 Å².